The number of nitrogens with one attached hydrogen (secondary N) is 2. The minimum Gasteiger partial charge on any atom is -0.379 e. The Balaban J connectivity index is 1.35. The molecule has 1 aliphatic carbocycles. The van der Waals surface area contributed by atoms with Crippen molar-refractivity contribution in [3.05, 3.63) is 34.2 Å². The maximum atomic E-state index is 13.4. The van der Waals surface area contributed by atoms with Crippen molar-refractivity contribution in [3.8, 4) is 0 Å². The molecule has 2 fully saturated rings. The molecule has 2 unspecified atom stereocenters. The number of hydrogen-bond donors (Lipinski definition) is 3. The number of rotatable bonds is 8. The van der Waals surface area contributed by atoms with Gasteiger partial charge in [-0.2, -0.15) is 0 Å². The van der Waals surface area contributed by atoms with Gasteiger partial charge < -0.3 is 10.1 Å². The van der Waals surface area contributed by atoms with Crippen LogP contribution >= 0.6 is 27.7 Å². The third-order valence-corrected chi connectivity index (χ3v) is 6.74. The van der Waals surface area contributed by atoms with Crippen molar-refractivity contribution >= 4 is 50.8 Å². The Labute approximate surface area is 200 Å². The minimum absolute atomic E-state index is 0.0302. The molecule has 2 aliphatic rings. The fourth-order valence-corrected chi connectivity index (χ4v) is 4.67. The molecule has 2 aromatic rings. The number of carbonyl (C=O) groups is 2. The van der Waals surface area contributed by atoms with Crippen LogP contribution in [0.5, 0.6) is 0 Å². The van der Waals surface area contributed by atoms with Crippen molar-refractivity contribution in [2.45, 2.75) is 17.1 Å². The van der Waals surface area contributed by atoms with Crippen molar-refractivity contribution < 1.29 is 28.6 Å². The molecule has 3 N–H and O–H groups in total. The molecule has 176 valence electrons. The number of ketones is 2. The SMILES string of the molecule is O=C1C(=O)C(N2CCOCC2)C1NCCSc1nonc1C(=Nc1ccc(F)c(Br)c1)NO. The summed E-state index contributed by atoms with van der Waals surface area (Å²) < 4.78 is 23.8. The van der Waals surface area contributed by atoms with Gasteiger partial charge in [0.05, 0.1) is 35.5 Å². The molecule has 1 aromatic heterocycles. The molecule has 0 amide bonds. The monoisotopic (exact) mass is 542 g/mol. The summed E-state index contributed by atoms with van der Waals surface area (Å²) in [4.78, 5) is 30.3. The number of thioether (sulfide) groups is 1. The van der Waals surface area contributed by atoms with Gasteiger partial charge in [0.2, 0.25) is 11.6 Å². The second-order valence-corrected chi connectivity index (χ2v) is 9.13. The first-order valence-electron chi connectivity index (χ1n) is 10.0. The van der Waals surface area contributed by atoms with Gasteiger partial charge >= 0.3 is 0 Å². The molecule has 11 nitrogen and oxygen atoms in total. The van der Waals surface area contributed by atoms with E-state index < -0.39 is 23.7 Å². The highest BCUT2D eigenvalue weighted by Gasteiger charge is 2.51. The first-order chi connectivity index (χ1) is 16.0. The van der Waals surface area contributed by atoms with Gasteiger partial charge in [-0.15, -0.1) is 0 Å². The molecule has 1 aliphatic heterocycles. The molecule has 33 heavy (non-hydrogen) atoms. The van der Waals surface area contributed by atoms with Gasteiger partial charge in [-0.05, 0) is 44.4 Å². The van der Waals surface area contributed by atoms with Crippen molar-refractivity contribution in [1.82, 2.24) is 26.0 Å². The van der Waals surface area contributed by atoms with Crippen LogP contribution in [-0.4, -0.2) is 88.5 Å². The van der Waals surface area contributed by atoms with Crippen LogP contribution in [0.4, 0.5) is 10.1 Å². The van der Waals surface area contributed by atoms with Crippen LogP contribution in [0.3, 0.4) is 0 Å². The maximum Gasteiger partial charge on any atom is 0.219 e. The molecule has 0 spiro atoms. The van der Waals surface area contributed by atoms with E-state index in [-0.39, 0.29) is 21.8 Å². The van der Waals surface area contributed by atoms with E-state index in [4.69, 9.17) is 9.37 Å². The number of nitrogens with zero attached hydrogens (tertiary/aromatic N) is 4. The zero-order chi connectivity index (χ0) is 23.4. The Kier molecular flexibility index (Phi) is 7.82. The summed E-state index contributed by atoms with van der Waals surface area (Å²) in [5.41, 5.74) is 2.49. The van der Waals surface area contributed by atoms with E-state index in [9.17, 15) is 19.2 Å². The Morgan fingerprint density at radius 3 is 2.82 bits per heavy atom. The molecule has 1 aromatic carbocycles. The standard InChI is InChI=1S/C19H20BrFN6O5S/c20-11-9-10(1-2-12(11)21)23-18(24-30)14-19(26-32-25-14)33-8-3-22-13-15(17(29)16(13)28)27-4-6-31-7-5-27/h1-2,9,13,15,22,30H,3-8H2,(H,23,24). The van der Waals surface area contributed by atoms with Gasteiger partial charge in [0.15, 0.2) is 16.6 Å². The predicted molar refractivity (Wildman–Crippen MR) is 118 cm³/mol. The Hall–Kier alpha value is -2.23. The summed E-state index contributed by atoms with van der Waals surface area (Å²) in [5, 5.41) is 20.6. The van der Waals surface area contributed by atoms with Crippen LogP contribution in [0.1, 0.15) is 5.69 Å². The highest BCUT2D eigenvalue weighted by atomic mass is 79.9. The fraction of sp³-hybridized carbons (Fsp3) is 0.421. The topological polar surface area (TPSA) is 142 Å². The Bertz CT molecular complexity index is 1060. The summed E-state index contributed by atoms with van der Waals surface area (Å²) >= 11 is 4.35. The van der Waals surface area contributed by atoms with E-state index in [1.54, 1.807) is 0 Å². The van der Waals surface area contributed by atoms with E-state index in [2.05, 4.69) is 36.6 Å². The largest absolute Gasteiger partial charge is 0.379 e. The van der Waals surface area contributed by atoms with Gasteiger partial charge in [-0.25, -0.2) is 14.0 Å². The number of morpholine rings is 1. The molecule has 0 bridgehead atoms. The zero-order valence-electron chi connectivity index (χ0n) is 17.2. The summed E-state index contributed by atoms with van der Waals surface area (Å²) in [6, 6.07) is 3.11. The second kappa shape index (κ2) is 10.8. The van der Waals surface area contributed by atoms with Crippen LogP contribution in [0, 0.1) is 5.82 Å². The molecular formula is C19H20BrFN6O5S. The summed E-state index contributed by atoms with van der Waals surface area (Å²) in [6.45, 7) is 2.74. The minimum atomic E-state index is -0.542. The number of halogens is 2. The lowest BCUT2D eigenvalue weighted by atomic mass is 9.81. The first kappa shape index (κ1) is 23.9. The second-order valence-electron chi connectivity index (χ2n) is 7.19. The average molecular weight is 543 g/mol. The molecule has 1 saturated carbocycles. The Morgan fingerprint density at radius 2 is 2.09 bits per heavy atom. The van der Waals surface area contributed by atoms with Crippen LogP contribution in [0.2, 0.25) is 0 Å². The molecule has 0 radical (unpaired) electrons. The summed E-state index contributed by atoms with van der Waals surface area (Å²) in [6.07, 6.45) is 0. The number of aromatic nitrogens is 2. The predicted octanol–water partition coefficient (Wildman–Crippen LogP) is 0.931. The van der Waals surface area contributed by atoms with Crippen molar-refractivity contribution in [2.24, 2.45) is 4.99 Å². The fourth-order valence-electron chi connectivity index (χ4n) is 3.53. The molecule has 4 rings (SSSR count). The summed E-state index contributed by atoms with van der Waals surface area (Å²) in [5.74, 6) is -0.772. The van der Waals surface area contributed by atoms with E-state index in [1.807, 2.05) is 10.4 Å². The number of hydrogen-bond acceptors (Lipinski definition) is 11. The lowest BCUT2D eigenvalue weighted by Crippen LogP contribution is -2.71. The number of aliphatic imine (C=N–C) groups is 1. The number of carbonyl (C=O) groups excluding carboxylic acids is 2. The van der Waals surface area contributed by atoms with Crippen LogP contribution < -0.4 is 10.8 Å². The lowest BCUT2D eigenvalue weighted by Gasteiger charge is -2.42. The Morgan fingerprint density at radius 1 is 1.30 bits per heavy atom. The number of amidine groups is 1. The molecule has 2 atom stereocenters. The van der Waals surface area contributed by atoms with Gasteiger partial charge in [-0.3, -0.25) is 25.2 Å². The van der Waals surface area contributed by atoms with Gasteiger partial charge in [0.1, 0.15) is 5.82 Å². The van der Waals surface area contributed by atoms with Crippen LogP contribution in [0.15, 0.2) is 37.3 Å². The zero-order valence-corrected chi connectivity index (χ0v) is 19.6. The number of benzene rings is 1. The third kappa shape index (κ3) is 5.31. The van der Waals surface area contributed by atoms with Crippen LogP contribution in [-0.2, 0) is 14.3 Å². The maximum absolute atomic E-state index is 13.4. The van der Waals surface area contributed by atoms with Gasteiger partial charge in [0.25, 0.3) is 0 Å². The number of ether oxygens (including phenoxy) is 1. The molecule has 14 heteroatoms. The average Bonchev–Trinajstić information content (AvgIpc) is 3.30. The van der Waals surface area contributed by atoms with Gasteiger partial charge in [0, 0.05) is 25.4 Å². The van der Waals surface area contributed by atoms with Crippen molar-refractivity contribution in [1.29, 1.82) is 0 Å². The van der Waals surface area contributed by atoms with E-state index in [0.717, 1.165) is 0 Å². The van der Waals surface area contributed by atoms with Crippen molar-refractivity contribution in [2.75, 3.05) is 38.6 Å². The van der Waals surface area contributed by atoms with Crippen LogP contribution in [0.25, 0.3) is 0 Å². The highest BCUT2D eigenvalue weighted by molar-refractivity contribution is 9.10. The third-order valence-electron chi connectivity index (χ3n) is 5.19. The van der Waals surface area contributed by atoms with Crippen molar-refractivity contribution in [3.63, 3.8) is 0 Å². The lowest BCUT2D eigenvalue weighted by molar-refractivity contribution is -0.153. The van der Waals surface area contributed by atoms with E-state index >= 15 is 0 Å². The summed E-state index contributed by atoms with van der Waals surface area (Å²) in [7, 11) is 0. The highest BCUT2D eigenvalue weighted by Crippen LogP contribution is 2.25. The quantitative estimate of drug-likeness (QED) is 0.109. The number of Topliss-reactive ketones (excluding diaryl/α,β-unsaturated/α-hetero) is 2. The number of hydroxylamine groups is 1. The first-order valence-corrected chi connectivity index (χ1v) is 11.8. The smallest absolute Gasteiger partial charge is 0.219 e. The van der Waals surface area contributed by atoms with Gasteiger partial charge in [-0.1, -0.05) is 11.8 Å². The normalized spacial score (nSPS) is 21.8. The van der Waals surface area contributed by atoms with E-state index in [1.165, 1.54) is 30.0 Å². The molecule has 1 saturated heterocycles. The molecule has 2 heterocycles. The molecular weight excluding hydrogens is 523 g/mol. The van der Waals surface area contributed by atoms with E-state index in [0.29, 0.717) is 49.3 Å².